The van der Waals surface area contributed by atoms with Crippen LogP contribution in [0, 0.1) is 5.41 Å². The molecule has 0 aliphatic heterocycles. The van der Waals surface area contributed by atoms with E-state index >= 15 is 0 Å². The van der Waals surface area contributed by atoms with Crippen molar-refractivity contribution < 1.29 is 4.79 Å². The van der Waals surface area contributed by atoms with Gasteiger partial charge in [-0.25, -0.2) is 0 Å². The van der Waals surface area contributed by atoms with Gasteiger partial charge in [-0.1, -0.05) is 26.0 Å². The number of carbonyl (C=O) groups is 1. The monoisotopic (exact) mass is 169 g/mol. The zero-order valence-corrected chi connectivity index (χ0v) is 8.69. The molecule has 0 saturated carbocycles. The van der Waals surface area contributed by atoms with Crippen LogP contribution in [0.2, 0.25) is 0 Å². The summed E-state index contributed by atoms with van der Waals surface area (Å²) in [4.78, 5) is 10.8. The highest BCUT2D eigenvalue weighted by Gasteiger charge is 2.26. The van der Waals surface area contributed by atoms with Gasteiger partial charge in [0.1, 0.15) is 0 Å². The highest BCUT2D eigenvalue weighted by atomic mass is 16.1. The van der Waals surface area contributed by atoms with E-state index in [0.717, 1.165) is 5.57 Å². The molecule has 1 unspecified atom stereocenters. The molecule has 0 rings (SSSR count). The molecule has 0 aliphatic rings. The van der Waals surface area contributed by atoms with E-state index in [1.807, 2.05) is 13.8 Å². The minimum atomic E-state index is -0.0360. The highest BCUT2D eigenvalue weighted by Crippen LogP contribution is 2.28. The number of amides is 1. The van der Waals surface area contributed by atoms with Gasteiger partial charge in [0.15, 0.2) is 0 Å². The van der Waals surface area contributed by atoms with Crippen molar-refractivity contribution >= 4 is 5.91 Å². The molecule has 0 spiro atoms. The lowest BCUT2D eigenvalue weighted by atomic mass is 9.79. The minimum Gasteiger partial charge on any atom is -0.353 e. The Hall–Kier alpha value is -0.790. The summed E-state index contributed by atoms with van der Waals surface area (Å²) < 4.78 is 0. The van der Waals surface area contributed by atoms with Crippen molar-refractivity contribution in [1.82, 2.24) is 5.32 Å². The average Bonchev–Trinajstić information content (AvgIpc) is 1.85. The quantitative estimate of drug-likeness (QED) is 0.644. The largest absolute Gasteiger partial charge is 0.353 e. The third-order valence-corrected chi connectivity index (χ3v) is 2.60. The van der Waals surface area contributed by atoms with E-state index < -0.39 is 0 Å². The summed E-state index contributed by atoms with van der Waals surface area (Å²) in [7, 11) is 0. The number of hydrogen-bond donors (Lipinski definition) is 1. The van der Waals surface area contributed by atoms with Gasteiger partial charge in [-0.15, -0.1) is 0 Å². The van der Waals surface area contributed by atoms with Crippen molar-refractivity contribution in [3.8, 4) is 0 Å². The molecule has 0 aromatic rings. The van der Waals surface area contributed by atoms with Crippen molar-refractivity contribution in [3.63, 3.8) is 0 Å². The standard InChI is InChI=1S/C10H19NO/c1-7(2)10(5,6)8(3)11-9(4)12/h8H,1H2,2-6H3,(H,11,12). The van der Waals surface area contributed by atoms with E-state index in [4.69, 9.17) is 0 Å². The fourth-order valence-electron chi connectivity index (χ4n) is 0.855. The van der Waals surface area contributed by atoms with Crippen molar-refractivity contribution in [2.24, 2.45) is 5.41 Å². The van der Waals surface area contributed by atoms with Crippen LogP contribution in [0.5, 0.6) is 0 Å². The van der Waals surface area contributed by atoms with Gasteiger partial charge in [0.05, 0.1) is 0 Å². The Bertz CT molecular complexity index is 194. The minimum absolute atomic E-state index is 0.0109. The van der Waals surface area contributed by atoms with E-state index in [2.05, 4.69) is 25.7 Å². The maximum absolute atomic E-state index is 10.8. The summed E-state index contributed by atoms with van der Waals surface area (Å²) in [6.07, 6.45) is 0. The molecule has 70 valence electrons. The van der Waals surface area contributed by atoms with Crippen LogP contribution in [0.3, 0.4) is 0 Å². The fourth-order valence-corrected chi connectivity index (χ4v) is 0.855. The van der Waals surface area contributed by atoms with Crippen molar-refractivity contribution in [1.29, 1.82) is 0 Å². The third kappa shape index (κ3) is 2.68. The molecule has 0 bridgehead atoms. The van der Waals surface area contributed by atoms with E-state index in [-0.39, 0.29) is 17.4 Å². The molecule has 1 N–H and O–H groups in total. The molecular weight excluding hydrogens is 150 g/mol. The molecule has 2 heteroatoms. The first-order valence-electron chi connectivity index (χ1n) is 4.21. The molecule has 0 saturated heterocycles. The molecule has 0 aromatic heterocycles. The predicted molar refractivity (Wildman–Crippen MR) is 51.9 cm³/mol. The summed E-state index contributed by atoms with van der Waals surface area (Å²) >= 11 is 0. The second kappa shape index (κ2) is 3.74. The SMILES string of the molecule is C=C(C)C(C)(C)C(C)NC(C)=O. The lowest BCUT2D eigenvalue weighted by molar-refractivity contribution is -0.120. The van der Waals surface area contributed by atoms with Crippen LogP contribution in [-0.2, 0) is 4.79 Å². The summed E-state index contributed by atoms with van der Waals surface area (Å²) in [5.74, 6) is 0.0109. The normalized spacial score (nSPS) is 13.8. The first-order valence-corrected chi connectivity index (χ1v) is 4.21. The molecule has 0 radical (unpaired) electrons. The molecule has 0 fully saturated rings. The maximum Gasteiger partial charge on any atom is 0.217 e. The lowest BCUT2D eigenvalue weighted by Gasteiger charge is -2.32. The van der Waals surface area contributed by atoms with Crippen LogP contribution in [0.1, 0.15) is 34.6 Å². The van der Waals surface area contributed by atoms with Gasteiger partial charge in [0.25, 0.3) is 0 Å². The number of nitrogens with one attached hydrogen (secondary N) is 1. The van der Waals surface area contributed by atoms with E-state index in [1.54, 1.807) is 0 Å². The topological polar surface area (TPSA) is 29.1 Å². The summed E-state index contributed by atoms with van der Waals surface area (Å²) in [5, 5.41) is 2.86. The molecule has 0 aliphatic carbocycles. The molecule has 0 heterocycles. The van der Waals surface area contributed by atoms with Crippen LogP contribution in [0.15, 0.2) is 12.2 Å². The summed E-state index contributed by atoms with van der Waals surface area (Å²) in [5.41, 5.74) is 1.05. The van der Waals surface area contributed by atoms with Crippen LogP contribution in [0.25, 0.3) is 0 Å². The summed E-state index contributed by atoms with van der Waals surface area (Å²) in [6.45, 7) is 13.6. The van der Waals surface area contributed by atoms with Gasteiger partial charge >= 0.3 is 0 Å². The second-order valence-corrected chi connectivity index (χ2v) is 3.92. The Morgan fingerprint density at radius 2 is 1.83 bits per heavy atom. The fraction of sp³-hybridized carbons (Fsp3) is 0.700. The van der Waals surface area contributed by atoms with Gasteiger partial charge < -0.3 is 5.32 Å². The van der Waals surface area contributed by atoms with Crippen LogP contribution in [0.4, 0.5) is 0 Å². The van der Waals surface area contributed by atoms with Gasteiger partial charge in [-0.3, -0.25) is 4.79 Å². The molecular formula is C10H19NO. The van der Waals surface area contributed by atoms with Crippen LogP contribution in [-0.4, -0.2) is 11.9 Å². The smallest absolute Gasteiger partial charge is 0.217 e. The second-order valence-electron chi connectivity index (χ2n) is 3.92. The zero-order chi connectivity index (χ0) is 9.94. The van der Waals surface area contributed by atoms with Gasteiger partial charge in [0, 0.05) is 18.4 Å². The Morgan fingerprint density at radius 3 is 2.08 bits per heavy atom. The first-order chi connectivity index (χ1) is 5.28. The van der Waals surface area contributed by atoms with Crippen molar-refractivity contribution in [2.75, 3.05) is 0 Å². The number of carbonyl (C=O) groups excluding carboxylic acids is 1. The van der Waals surface area contributed by atoms with Gasteiger partial charge in [-0.2, -0.15) is 0 Å². The van der Waals surface area contributed by atoms with Gasteiger partial charge in [-0.05, 0) is 13.8 Å². The van der Waals surface area contributed by atoms with E-state index in [9.17, 15) is 4.79 Å². The number of rotatable bonds is 3. The Kier molecular flexibility index (Phi) is 3.50. The van der Waals surface area contributed by atoms with E-state index in [0.29, 0.717) is 0 Å². The van der Waals surface area contributed by atoms with Crippen molar-refractivity contribution in [3.05, 3.63) is 12.2 Å². The highest BCUT2D eigenvalue weighted by molar-refractivity contribution is 5.73. The molecule has 1 atom stereocenters. The lowest BCUT2D eigenvalue weighted by Crippen LogP contribution is -2.42. The molecule has 1 amide bonds. The predicted octanol–water partition coefficient (Wildman–Crippen LogP) is 2.11. The molecule has 12 heavy (non-hydrogen) atoms. The third-order valence-electron chi connectivity index (χ3n) is 2.60. The molecule has 2 nitrogen and oxygen atoms in total. The molecule has 0 aromatic carbocycles. The Labute approximate surface area is 75.0 Å². The van der Waals surface area contributed by atoms with Crippen LogP contribution >= 0.6 is 0 Å². The zero-order valence-electron chi connectivity index (χ0n) is 8.69. The Morgan fingerprint density at radius 1 is 1.42 bits per heavy atom. The van der Waals surface area contributed by atoms with Gasteiger partial charge in [0.2, 0.25) is 5.91 Å². The van der Waals surface area contributed by atoms with Crippen molar-refractivity contribution in [2.45, 2.75) is 40.7 Å². The summed E-state index contributed by atoms with van der Waals surface area (Å²) in [6, 6.07) is 0.132. The Balaban J connectivity index is 4.35. The average molecular weight is 169 g/mol. The van der Waals surface area contributed by atoms with E-state index in [1.165, 1.54) is 6.92 Å². The number of hydrogen-bond acceptors (Lipinski definition) is 1. The van der Waals surface area contributed by atoms with Crippen LogP contribution < -0.4 is 5.32 Å². The maximum atomic E-state index is 10.8. The first kappa shape index (κ1) is 11.2.